The van der Waals surface area contributed by atoms with Crippen molar-refractivity contribution >= 4 is 11.6 Å². The molecular weight excluding hydrogens is 244 g/mol. The molecule has 1 aromatic rings. The molecule has 6 nitrogen and oxygen atoms in total. The van der Waals surface area contributed by atoms with Gasteiger partial charge in [-0.1, -0.05) is 13.8 Å². The molecule has 0 aliphatic heterocycles. The topological polar surface area (TPSA) is 89.3 Å². The normalized spacial score (nSPS) is 11.2. The van der Waals surface area contributed by atoms with Gasteiger partial charge in [0.05, 0.1) is 11.9 Å². The van der Waals surface area contributed by atoms with E-state index in [4.69, 9.17) is 10.6 Å². The van der Waals surface area contributed by atoms with Crippen molar-refractivity contribution in [3.8, 4) is 0 Å². The summed E-state index contributed by atoms with van der Waals surface area (Å²) in [7, 11) is 1.67. The number of rotatable bonds is 7. The number of hydrogen-bond acceptors (Lipinski definition) is 5. The number of nitrogens with one attached hydrogen (secondary N) is 2. The third kappa shape index (κ3) is 5.23. The van der Waals surface area contributed by atoms with E-state index < -0.39 is 0 Å². The minimum absolute atomic E-state index is 0.00950. The lowest BCUT2D eigenvalue weighted by molar-refractivity contribution is 0.0916. The van der Waals surface area contributed by atoms with Crippen LogP contribution in [0.3, 0.4) is 0 Å². The van der Waals surface area contributed by atoms with Crippen molar-refractivity contribution in [3.05, 3.63) is 24.0 Å². The fraction of sp³-hybridized carbons (Fsp3) is 0.538. The second-order valence-electron chi connectivity index (χ2n) is 5.17. The number of hydrazine groups is 1. The summed E-state index contributed by atoms with van der Waals surface area (Å²) < 4.78 is 5.05. The largest absolute Gasteiger partial charge is 0.385 e. The minimum Gasteiger partial charge on any atom is -0.385 e. The molecule has 106 valence electrons. The van der Waals surface area contributed by atoms with E-state index in [0.717, 1.165) is 6.42 Å². The lowest BCUT2D eigenvalue weighted by atomic mass is 9.89. The smallest absolute Gasteiger partial charge is 0.269 e. The Morgan fingerprint density at radius 3 is 2.74 bits per heavy atom. The standard InChI is InChI=1S/C13H22N4O2/c1-13(2,6-7-19-3)9-16-12(18)11-5-4-10(17-14)8-15-11/h4-5,8,17H,6-7,9,14H2,1-3H3,(H,16,18). The van der Waals surface area contributed by atoms with Gasteiger partial charge in [0.15, 0.2) is 0 Å². The summed E-state index contributed by atoms with van der Waals surface area (Å²) in [6.07, 6.45) is 2.40. The lowest BCUT2D eigenvalue weighted by Gasteiger charge is -2.24. The number of nitrogen functional groups attached to an aromatic ring is 1. The van der Waals surface area contributed by atoms with E-state index in [2.05, 4.69) is 29.6 Å². The molecule has 0 saturated carbocycles. The molecule has 0 spiro atoms. The second-order valence-corrected chi connectivity index (χ2v) is 5.17. The highest BCUT2D eigenvalue weighted by molar-refractivity contribution is 5.92. The maximum atomic E-state index is 11.9. The number of nitrogens with two attached hydrogens (primary N) is 1. The highest BCUT2D eigenvalue weighted by atomic mass is 16.5. The molecule has 1 amide bonds. The quantitative estimate of drug-likeness (QED) is 0.509. The van der Waals surface area contributed by atoms with Crippen LogP contribution in [0.25, 0.3) is 0 Å². The van der Waals surface area contributed by atoms with Gasteiger partial charge in [0.2, 0.25) is 0 Å². The SMILES string of the molecule is COCCC(C)(C)CNC(=O)c1ccc(NN)cn1. The third-order valence-corrected chi connectivity index (χ3v) is 2.87. The van der Waals surface area contributed by atoms with Crippen LogP contribution in [0.1, 0.15) is 30.8 Å². The van der Waals surface area contributed by atoms with Gasteiger partial charge < -0.3 is 15.5 Å². The van der Waals surface area contributed by atoms with Crippen LogP contribution in [0.5, 0.6) is 0 Å². The highest BCUT2D eigenvalue weighted by Gasteiger charge is 2.19. The first-order chi connectivity index (χ1) is 8.98. The lowest BCUT2D eigenvalue weighted by Crippen LogP contribution is -2.35. The minimum atomic E-state index is -0.186. The van der Waals surface area contributed by atoms with Gasteiger partial charge in [0.25, 0.3) is 5.91 Å². The Kier molecular flexibility index (Phi) is 5.72. The molecule has 4 N–H and O–H groups in total. The predicted octanol–water partition coefficient (Wildman–Crippen LogP) is 1.16. The van der Waals surface area contributed by atoms with Gasteiger partial charge in [-0.05, 0) is 24.0 Å². The van der Waals surface area contributed by atoms with E-state index in [1.54, 1.807) is 19.2 Å². The molecule has 0 bridgehead atoms. The van der Waals surface area contributed by atoms with E-state index >= 15 is 0 Å². The summed E-state index contributed by atoms with van der Waals surface area (Å²) in [5.41, 5.74) is 3.50. The Hall–Kier alpha value is -1.66. The monoisotopic (exact) mass is 266 g/mol. The number of carbonyl (C=O) groups excluding carboxylic acids is 1. The molecular formula is C13H22N4O2. The van der Waals surface area contributed by atoms with E-state index in [-0.39, 0.29) is 11.3 Å². The Balaban J connectivity index is 2.50. The molecule has 0 aromatic carbocycles. The number of anilines is 1. The van der Waals surface area contributed by atoms with Crippen LogP contribution in [-0.2, 0) is 4.74 Å². The molecule has 0 atom stereocenters. The third-order valence-electron chi connectivity index (χ3n) is 2.87. The molecule has 0 aliphatic rings. The molecule has 0 saturated heterocycles. The molecule has 1 aromatic heterocycles. The first kappa shape index (κ1) is 15.4. The summed E-state index contributed by atoms with van der Waals surface area (Å²) in [6.45, 7) is 5.42. The number of pyridine rings is 1. The Morgan fingerprint density at radius 2 is 2.21 bits per heavy atom. The average molecular weight is 266 g/mol. The number of aromatic nitrogens is 1. The summed E-state index contributed by atoms with van der Waals surface area (Å²) in [5.74, 6) is 5.05. The van der Waals surface area contributed by atoms with Crippen molar-refractivity contribution in [3.63, 3.8) is 0 Å². The summed E-state index contributed by atoms with van der Waals surface area (Å²) in [4.78, 5) is 15.9. The Bertz CT molecular complexity index is 404. The zero-order chi connectivity index (χ0) is 14.3. The number of carbonyl (C=O) groups is 1. The van der Waals surface area contributed by atoms with Crippen LogP contribution < -0.4 is 16.6 Å². The van der Waals surface area contributed by atoms with Crippen molar-refractivity contribution in [1.82, 2.24) is 10.3 Å². The van der Waals surface area contributed by atoms with Crippen molar-refractivity contribution in [1.29, 1.82) is 0 Å². The number of methoxy groups -OCH3 is 1. The number of hydrogen-bond donors (Lipinski definition) is 3. The van der Waals surface area contributed by atoms with E-state index in [1.807, 2.05) is 0 Å². The van der Waals surface area contributed by atoms with Gasteiger partial charge in [-0.15, -0.1) is 0 Å². The van der Waals surface area contributed by atoms with Gasteiger partial charge in [0, 0.05) is 20.3 Å². The van der Waals surface area contributed by atoms with Gasteiger partial charge in [-0.25, -0.2) is 4.98 Å². The molecule has 0 aliphatic carbocycles. The molecule has 6 heteroatoms. The van der Waals surface area contributed by atoms with Crippen LogP contribution in [-0.4, -0.2) is 31.2 Å². The van der Waals surface area contributed by atoms with Crippen molar-refractivity contribution in [2.75, 3.05) is 25.7 Å². The van der Waals surface area contributed by atoms with Crippen LogP contribution in [0.2, 0.25) is 0 Å². The summed E-state index contributed by atoms with van der Waals surface area (Å²) in [5, 5.41) is 2.88. The van der Waals surface area contributed by atoms with Crippen LogP contribution >= 0.6 is 0 Å². The molecule has 0 unspecified atom stereocenters. The predicted molar refractivity (Wildman–Crippen MR) is 74.7 cm³/mol. The van der Waals surface area contributed by atoms with Gasteiger partial charge in [-0.3, -0.25) is 10.6 Å². The molecule has 1 heterocycles. The summed E-state index contributed by atoms with van der Waals surface area (Å²) in [6, 6.07) is 3.34. The number of ether oxygens (including phenoxy) is 1. The van der Waals surface area contributed by atoms with E-state index in [9.17, 15) is 4.79 Å². The molecule has 1 rings (SSSR count). The first-order valence-corrected chi connectivity index (χ1v) is 6.18. The Morgan fingerprint density at radius 1 is 1.47 bits per heavy atom. The van der Waals surface area contributed by atoms with Crippen LogP contribution in [0.15, 0.2) is 18.3 Å². The molecule has 19 heavy (non-hydrogen) atoms. The van der Waals surface area contributed by atoms with Gasteiger partial charge >= 0.3 is 0 Å². The first-order valence-electron chi connectivity index (χ1n) is 6.18. The zero-order valence-corrected chi connectivity index (χ0v) is 11.7. The van der Waals surface area contributed by atoms with Crippen molar-refractivity contribution in [2.45, 2.75) is 20.3 Å². The number of amides is 1. The second kappa shape index (κ2) is 7.06. The fourth-order valence-corrected chi connectivity index (χ4v) is 1.49. The van der Waals surface area contributed by atoms with Gasteiger partial charge in [-0.2, -0.15) is 0 Å². The Labute approximate surface area is 113 Å². The highest BCUT2D eigenvalue weighted by Crippen LogP contribution is 2.18. The van der Waals surface area contributed by atoms with Crippen LogP contribution in [0.4, 0.5) is 5.69 Å². The average Bonchev–Trinajstić information content (AvgIpc) is 2.43. The van der Waals surface area contributed by atoms with E-state index in [1.165, 1.54) is 6.20 Å². The maximum absolute atomic E-state index is 11.9. The van der Waals surface area contributed by atoms with Crippen LogP contribution in [0, 0.1) is 5.41 Å². The molecule has 0 radical (unpaired) electrons. The fourth-order valence-electron chi connectivity index (χ4n) is 1.49. The molecule has 0 fully saturated rings. The van der Waals surface area contributed by atoms with Crippen molar-refractivity contribution < 1.29 is 9.53 Å². The maximum Gasteiger partial charge on any atom is 0.269 e. The van der Waals surface area contributed by atoms with Crippen molar-refractivity contribution in [2.24, 2.45) is 11.3 Å². The van der Waals surface area contributed by atoms with Gasteiger partial charge in [0.1, 0.15) is 5.69 Å². The summed E-state index contributed by atoms with van der Waals surface area (Å²) >= 11 is 0. The zero-order valence-electron chi connectivity index (χ0n) is 11.7. The number of nitrogens with zero attached hydrogens (tertiary/aromatic N) is 1. The van der Waals surface area contributed by atoms with E-state index in [0.29, 0.717) is 24.5 Å².